The van der Waals surface area contributed by atoms with Gasteiger partial charge in [-0.2, -0.15) is 0 Å². The molecule has 3 nitrogen and oxygen atoms in total. The van der Waals surface area contributed by atoms with Gasteiger partial charge in [-0.05, 0) is 6.07 Å². The normalized spacial score (nSPS) is 10.5. The third kappa shape index (κ3) is 1.21. The highest BCUT2D eigenvalue weighted by atomic mass is 35.5. The second-order valence-electron chi connectivity index (χ2n) is 2.16. The van der Waals surface area contributed by atoms with E-state index in [1.54, 1.807) is 12.3 Å². The first-order chi connectivity index (χ1) is 5.77. The zero-order valence-electron chi connectivity index (χ0n) is 5.83. The first kappa shape index (κ1) is 7.71. The van der Waals surface area contributed by atoms with Crippen LogP contribution in [0.5, 0.6) is 0 Å². The van der Waals surface area contributed by atoms with Gasteiger partial charge < -0.3 is 0 Å². The van der Waals surface area contributed by atoms with Crippen LogP contribution in [0, 0.1) is 0 Å². The molecular formula is C7H3Cl2N3. The molecule has 2 aromatic rings. The molecule has 12 heavy (non-hydrogen) atoms. The van der Waals surface area contributed by atoms with E-state index in [1.165, 1.54) is 6.20 Å². The molecule has 0 N–H and O–H groups in total. The average molecular weight is 200 g/mol. The van der Waals surface area contributed by atoms with Gasteiger partial charge in [0.2, 0.25) is 0 Å². The van der Waals surface area contributed by atoms with E-state index < -0.39 is 0 Å². The third-order valence-electron chi connectivity index (χ3n) is 1.37. The summed E-state index contributed by atoms with van der Waals surface area (Å²) >= 11 is 11.5. The summed E-state index contributed by atoms with van der Waals surface area (Å²) in [5.41, 5.74) is 1.04. The van der Waals surface area contributed by atoms with Gasteiger partial charge in [0.15, 0.2) is 5.65 Å². The third-order valence-corrected chi connectivity index (χ3v) is 1.85. The molecule has 0 bridgehead atoms. The molecule has 0 aliphatic carbocycles. The predicted molar refractivity (Wildman–Crippen MR) is 47.4 cm³/mol. The minimum absolute atomic E-state index is 0.317. The van der Waals surface area contributed by atoms with Crippen LogP contribution >= 0.6 is 23.2 Å². The molecule has 0 aliphatic heterocycles. The Balaban J connectivity index is 2.88. The van der Waals surface area contributed by atoms with Crippen LogP contribution in [0.3, 0.4) is 0 Å². The molecular weight excluding hydrogens is 197 g/mol. The van der Waals surface area contributed by atoms with Crippen molar-refractivity contribution in [3.8, 4) is 0 Å². The number of rotatable bonds is 0. The SMILES string of the molecule is Clc1cnc2nccc(Cl)c2n1. The van der Waals surface area contributed by atoms with Crippen molar-refractivity contribution in [2.75, 3.05) is 0 Å². The van der Waals surface area contributed by atoms with Crippen LogP contribution < -0.4 is 0 Å². The van der Waals surface area contributed by atoms with Gasteiger partial charge in [-0.15, -0.1) is 0 Å². The van der Waals surface area contributed by atoms with Gasteiger partial charge >= 0.3 is 0 Å². The van der Waals surface area contributed by atoms with Crippen LogP contribution in [-0.4, -0.2) is 15.0 Å². The number of pyridine rings is 1. The molecule has 2 heterocycles. The van der Waals surface area contributed by atoms with Crippen LogP contribution in [0.4, 0.5) is 0 Å². The standard InChI is InChI=1S/C7H3Cl2N3/c8-4-1-2-10-7-6(4)12-5(9)3-11-7/h1-3H. The number of fused-ring (bicyclic) bond motifs is 1. The van der Waals surface area contributed by atoms with Crippen molar-refractivity contribution in [1.29, 1.82) is 0 Å². The lowest BCUT2D eigenvalue weighted by Gasteiger charge is -1.96. The summed E-state index contributed by atoms with van der Waals surface area (Å²) in [5, 5.41) is 0.826. The van der Waals surface area contributed by atoms with Gasteiger partial charge in [0.05, 0.1) is 11.2 Å². The molecule has 0 unspecified atom stereocenters. The number of aromatic nitrogens is 3. The van der Waals surface area contributed by atoms with Crippen molar-refractivity contribution in [2.45, 2.75) is 0 Å². The van der Waals surface area contributed by atoms with Crippen LogP contribution in [0.25, 0.3) is 11.2 Å². The Morgan fingerprint density at radius 1 is 1.17 bits per heavy atom. The molecule has 0 atom stereocenters. The highest BCUT2D eigenvalue weighted by molar-refractivity contribution is 6.35. The van der Waals surface area contributed by atoms with Crippen molar-refractivity contribution in [3.63, 3.8) is 0 Å². The summed E-state index contributed by atoms with van der Waals surface area (Å²) in [4.78, 5) is 11.9. The molecule has 0 fully saturated rings. The number of nitrogens with zero attached hydrogens (tertiary/aromatic N) is 3. The Hall–Kier alpha value is -0.930. The lowest BCUT2D eigenvalue weighted by Crippen LogP contribution is -1.87. The summed E-state index contributed by atoms with van der Waals surface area (Å²) in [6, 6.07) is 1.65. The molecule has 0 aliphatic rings. The molecule has 0 saturated carbocycles. The van der Waals surface area contributed by atoms with Crippen molar-refractivity contribution in [1.82, 2.24) is 15.0 Å². The topological polar surface area (TPSA) is 38.7 Å². The zero-order chi connectivity index (χ0) is 8.55. The van der Waals surface area contributed by atoms with Gasteiger partial charge in [-0.25, -0.2) is 15.0 Å². The molecule has 0 amide bonds. The number of hydrogen-bond donors (Lipinski definition) is 0. The predicted octanol–water partition coefficient (Wildman–Crippen LogP) is 2.33. The van der Waals surface area contributed by atoms with Crippen molar-refractivity contribution < 1.29 is 0 Å². The molecule has 2 aromatic heterocycles. The van der Waals surface area contributed by atoms with Gasteiger partial charge in [-0.3, -0.25) is 0 Å². The van der Waals surface area contributed by atoms with E-state index in [1.807, 2.05) is 0 Å². The highest BCUT2D eigenvalue weighted by Crippen LogP contribution is 2.18. The van der Waals surface area contributed by atoms with Crippen molar-refractivity contribution in [3.05, 3.63) is 28.6 Å². The second-order valence-corrected chi connectivity index (χ2v) is 2.95. The smallest absolute Gasteiger partial charge is 0.179 e. The van der Waals surface area contributed by atoms with Crippen molar-refractivity contribution in [2.24, 2.45) is 0 Å². The van der Waals surface area contributed by atoms with E-state index in [0.717, 1.165) is 0 Å². The fourth-order valence-corrected chi connectivity index (χ4v) is 1.18. The fourth-order valence-electron chi connectivity index (χ4n) is 0.868. The first-order valence-electron chi connectivity index (χ1n) is 3.20. The maximum Gasteiger partial charge on any atom is 0.179 e. The van der Waals surface area contributed by atoms with Gasteiger partial charge in [0.25, 0.3) is 0 Å². The summed E-state index contributed by atoms with van der Waals surface area (Å²) in [6.07, 6.45) is 3.01. The minimum atomic E-state index is 0.317. The molecule has 5 heteroatoms. The number of halogens is 2. The molecule has 0 aromatic carbocycles. The highest BCUT2D eigenvalue weighted by Gasteiger charge is 2.02. The van der Waals surface area contributed by atoms with Crippen LogP contribution in [-0.2, 0) is 0 Å². The average Bonchev–Trinajstić information content (AvgIpc) is 2.07. The fraction of sp³-hybridized carbons (Fsp3) is 0. The minimum Gasteiger partial charge on any atom is -0.235 e. The Morgan fingerprint density at radius 2 is 2.00 bits per heavy atom. The van der Waals surface area contributed by atoms with E-state index >= 15 is 0 Å². The quantitative estimate of drug-likeness (QED) is 0.654. The molecule has 60 valence electrons. The van der Waals surface area contributed by atoms with E-state index in [2.05, 4.69) is 15.0 Å². The molecule has 0 spiro atoms. The molecule has 0 saturated heterocycles. The molecule has 0 radical (unpaired) electrons. The maximum atomic E-state index is 5.83. The Morgan fingerprint density at radius 3 is 2.83 bits per heavy atom. The van der Waals surface area contributed by atoms with Crippen LogP contribution in [0.1, 0.15) is 0 Å². The Labute approximate surface area is 78.4 Å². The Bertz CT molecular complexity index is 430. The lowest BCUT2D eigenvalue weighted by molar-refractivity contribution is 1.22. The largest absolute Gasteiger partial charge is 0.235 e. The van der Waals surface area contributed by atoms with Gasteiger partial charge in [-0.1, -0.05) is 23.2 Å². The second kappa shape index (κ2) is 2.84. The number of hydrogen-bond acceptors (Lipinski definition) is 3. The van der Waals surface area contributed by atoms with E-state index in [0.29, 0.717) is 21.3 Å². The van der Waals surface area contributed by atoms with Crippen LogP contribution in [0.15, 0.2) is 18.5 Å². The van der Waals surface area contributed by atoms with E-state index in [-0.39, 0.29) is 0 Å². The maximum absolute atomic E-state index is 5.83. The van der Waals surface area contributed by atoms with Gasteiger partial charge in [0.1, 0.15) is 10.7 Å². The van der Waals surface area contributed by atoms with Gasteiger partial charge in [0, 0.05) is 6.20 Å². The zero-order valence-corrected chi connectivity index (χ0v) is 7.34. The summed E-state index contributed by atoms with van der Waals surface area (Å²) in [6.45, 7) is 0. The van der Waals surface area contributed by atoms with E-state index in [9.17, 15) is 0 Å². The first-order valence-corrected chi connectivity index (χ1v) is 3.96. The summed E-state index contributed by atoms with van der Waals surface area (Å²) in [5.74, 6) is 0. The summed E-state index contributed by atoms with van der Waals surface area (Å²) < 4.78 is 0. The summed E-state index contributed by atoms with van der Waals surface area (Å²) in [7, 11) is 0. The Kier molecular flexibility index (Phi) is 1.83. The van der Waals surface area contributed by atoms with Crippen molar-refractivity contribution >= 4 is 34.4 Å². The monoisotopic (exact) mass is 199 g/mol. The van der Waals surface area contributed by atoms with E-state index in [4.69, 9.17) is 23.2 Å². The van der Waals surface area contributed by atoms with Crippen LogP contribution in [0.2, 0.25) is 10.2 Å². The molecule has 2 rings (SSSR count). The lowest BCUT2D eigenvalue weighted by atomic mass is 10.4.